The van der Waals surface area contributed by atoms with Crippen molar-refractivity contribution in [3.8, 4) is 0 Å². The fourth-order valence-corrected chi connectivity index (χ4v) is 1.65. The molecule has 1 aromatic rings. The molecule has 1 N–H and O–H groups in total. The molecule has 1 amide bonds. The summed E-state index contributed by atoms with van der Waals surface area (Å²) >= 11 is 3.38. The average molecular weight is 284 g/mol. The molecule has 0 heterocycles. The Morgan fingerprint density at radius 3 is 2.50 bits per heavy atom. The Bertz CT molecular complexity index is 388. The number of nitrogens with one attached hydrogen (secondary N) is 1. The van der Waals surface area contributed by atoms with Gasteiger partial charge in [-0.15, -0.1) is 0 Å². The Morgan fingerprint density at radius 2 is 1.94 bits per heavy atom. The maximum atomic E-state index is 12.0. The summed E-state index contributed by atoms with van der Waals surface area (Å²) in [4.78, 5) is 12.0. The van der Waals surface area contributed by atoms with Crippen LogP contribution in [-0.2, 0) is 0 Å². The van der Waals surface area contributed by atoms with E-state index in [1.54, 1.807) is 0 Å². The average Bonchev–Trinajstić information content (AvgIpc) is 2.21. The van der Waals surface area contributed by atoms with Crippen molar-refractivity contribution in [1.82, 2.24) is 5.32 Å². The molecule has 0 bridgehead atoms. The van der Waals surface area contributed by atoms with Crippen molar-refractivity contribution in [2.75, 3.05) is 0 Å². The van der Waals surface area contributed by atoms with Gasteiger partial charge in [0.15, 0.2) is 0 Å². The second-order valence-electron chi connectivity index (χ2n) is 4.47. The smallest absolute Gasteiger partial charge is 0.251 e. The lowest BCUT2D eigenvalue weighted by Gasteiger charge is -2.18. The highest BCUT2D eigenvalue weighted by Gasteiger charge is 2.14. The van der Waals surface area contributed by atoms with Crippen LogP contribution in [0.25, 0.3) is 0 Å². The molecule has 0 aliphatic heterocycles. The summed E-state index contributed by atoms with van der Waals surface area (Å²) < 4.78 is 0.931. The van der Waals surface area contributed by atoms with E-state index in [2.05, 4.69) is 35.1 Å². The van der Waals surface area contributed by atoms with Crippen LogP contribution in [0.2, 0.25) is 0 Å². The number of rotatable bonds is 3. The SMILES string of the molecule is Cc1ccc(Br)cc1C(=O)NC(C)C(C)C. The van der Waals surface area contributed by atoms with E-state index in [-0.39, 0.29) is 11.9 Å². The third kappa shape index (κ3) is 3.34. The lowest BCUT2D eigenvalue weighted by molar-refractivity contribution is 0.0930. The third-order valence-corrected chi connectivity index (χ3v) is 3.30. The summed E-state index contributed by atoms with van der Waals surface area (Å²) in [5.41, 5.74) is 1.73. The largest absolute Gasteiger partial charge is 0.349 e. The van der Waals surface area contributed by atoms with Crippen LogP contribution in [0, 0.1) is 12.8 Å². The normalized spacial score (nSPS) is 12.6. The summed E-state index contributed by atoms with van der Waals surface area (Å²) in [7, 11) is 0. The maximum Gasteiger partial charge on any atom is 0.251 e. The van der Waals surface area contributed by atoms with Crippen LogP contribution in [0.1, 0.15) is 36.7 Å². The molecule has 0 saturated heterocycles. The molecule has 0 fully saturated rings. The number of hydrogen-bond donors (Lipinski definition) is 1. The molecule has 3 heteroatoms. The lowest BCUT2D eigenvalue weighted by Crippen LogP contribution is -2.36. The molecule has 88 valence electrons. The van der Waals surface area contributed by atoms with Crippen molar-refractivity contribution in [2.24, 2.45) is 5.92 Å². The zero-order valence-corrected chi connectivity index (χ0v) is 11.8. The minimum atomic E-state index is 0. The summed E-state index contributed by atoms with van der Waals surface area (Å²) in [5.74, 6) is 0.441. The van der Waals surface area contributed by atoms with Gasteiger partial charge in [0, 0.05) is 16.1 Å². The molecule has 0 radical (unpaired) electrons. The van der Waals surface area contributed by atoms with Crippen molar-refractivity contribution in [2.45, 2.75) is 33.7 Å². The number of amides is 1. The van der Waals surface area contributed by atoms with Crippen LogP contribution >= 0.6 is 15.9 Å². The number of aryl methyl sites for hydroxylation is 1. The van der Waals surface area contributed by atoms with Gasteiger partial charge in [0.2, 0.25) is 0 Å². The van der Waals surface area contributed by atoms with Gasteiger partial charge in [-0.2, -0.15) is 0 Å². The van der Waals surface area contributed by atoms with Crippen LogP contribution in [0.3, 0.4) is 0 Å². The lowest BCUT2D eigenvalue weighted by atomic mass is 10.0. The van der Waals surface area contributed by atoms with Gasteiger partial charge in [-0.3, -0.25) is 4.79 Å². The molecule has 1 aromatic carbocycles. The summed E-state index contributed by atoms with van der Waals surface area (Å²) in [6, 6.07) is 5.93. The second kappa shape index (κ2) is 5.48. The number of carbonyl (C=O) groups excluding carboxylic acids is 1. The summed E-state index contributed by atoms with van der Waals surface area (Å²) in [6.45, 7) is 8.16. The molecule has 0 aromatic heterocycles. The van der Waals surface area contributed by atoms with Gasteiger partial charge >= 0.3 is 0 Å². The molecule has 1 unspecified atom stereocenters. The maximum absolute atomic E-state index is 12.0. The minimum absolute atomic E-state index is 0. The summed E-state index contributed by atoms with van der Waals surface area (Å²) in [6.07, 6.45) is 0. The van der Waals surface area contributed by atoms with Crippen molar-refractivity contribution in [3.63, 3.8) is 0 Å². The fourth-order valence-electron chi connectivity index (χ4n) is 1.29. The highest BCUT2D eigenvalue weighted by molar-refractivity contribution is 9.10. The van der Waals surface area contributed by atoms with Crippen LogP contribution in [-0.4, -0.2) is 11.9 Å². The van der Waals surface area contributed by atoms with Gasteiger partial charge in [0.1, 0.15) is 0 Å². The highest BCUT2D eigenvalue weighted by atomic mass is 79.9. The Kier molecular flexibility index (Phi) is 4.54. The van der Waals surface area contributed by atoms with Crippen molar-refractivity contribution in [1.29, 1.82) is 0 Å². The first-order valence-electron chi connectivity index (χ1n) is 5.49. The molecule has 2 nitrogen and oxygen atoms in total. The summed E-state index contributed by atoms with van der Waals surface area (Å²) in [5, 5.41) is 3.00. The monoisotopic (exact) mass is 283 g/mol. The van der Waals surface area contributed by atoms with Gasteiger partial charge in [0.25, 0.3) is 5.91 Å². The second-order valence-corrected chi connectivity index (χ2v) is 5.38. The van der Waals surface area contributed by atoms with Gasteiger partial charge in [-0.05, 0) is 37.5 Å². The zero-order valence-electron chi connectivity index (χ0n) is 10.2. The topological polar surface area (TPSA) is 29.1 Å². The first-order chi connectivity index (χ1) is 7.41. The van der Waals surface area contributed by atoms with Gasteiger partial charge in [-0.25, -0.2) is 0 Å². The van der Waals surface area contributed by atoms with Crippen molar-refractivity contribution < 1.29 is 4.79 Å². The standard InChI is InChI=1S/C13H18BrNO/c1-8(2)10(4)15-13(16)12-7-11(14)6-5-9(12)3/h5-8,10H,1-4H3,(H,15,16). The van der Waals surface area contributed by atoms with E-state index in [4.69, 9.17) is 0 Å². The molecule has 0 spiro atoms. The fraction of sp³-hybridized carbons (Fsp3) is 0.462. The van der Waals surface area contributed by atoms with Crippen molar-refractivity contribution >= 4 is 21.8 Å². The number of hydrogen-bond acceptors (Lipinski definition) is 1. The first-order valence-corrected chi connectivity index (χ1v) is 6.28. The van der Waals surface area contributed by atoms with Crippen LogP contribution < -0.4 is 5.32 Å². The molecular weight excluding hydrogens is 266 g/mol. The molecule has 1 rings (SSSR count). The van der Waals surface area contributed by atoms with E-state index in [0.717, 1.165) is 15.6 Å². The van der Waals surface area contributed by atoms with Gasteiger partial charge < -0.3 is 5.32 Å². The van der Waals surface area contributed by atoms with E-state index in [0.29, 0.717) is 5.92 Å². The van der Waals surface area contributed by atoms with E-state index < -0.39 is 0 Å². The Balaban J connectivity index is 2.84. The predicted molar refractivity (Wildman–Crippen MR) is 70.6 cm³/mol. The zero-order chi connectivity index (χ0) is 12.3. The Morgan fingerprint density at radius 1 is 1.31 bits per heavy atom. The van der Waals surface area contributed by atoms with E-state index in [9.17, 15) is 4.79 Å². The molecular formula is C13H18BrNO. The molecule has 1 atom stereocenters. The third-order valence-electron chi connectivity index (χ3n) is 2.80. The van der Waals surface area contributed by atoms with Gasteiger partial charge in [0.05, 0.1) is 0 Å². The van der Waals surface area contributed by atoms with E-state index in [1.807, 2.05) is 32.0 Å². The number of carbonyl (C=O) groups is 1. The number of halogens is 1. The predicted octanol–water partition coefficient (Wildman–Crippen LogP) is 3.53. The Labute approximate surface area is 106 Å². The minimum Gasteiger partial charge on any atom is -0.349 e. The quantitative estimate of drug-likeness (QED) is 0.903. The first kappa shape index (κ1) is 13.2. The van der Waals surface area contributed by atoms with Crippen LogP contribution in [0.15, 0.2) is 22.7 Å². The molecule has 0 aliphatic rings. The van der Waals surface area contributed by atoms with E-state index in [1.165, 1.54) is 0 Å². The van der Waals surface area contributed by atoms with Gasteiger partial charge in [-0.1, -0.05) is 35.8 Å². The van der Waals surface area contributed by atoms with Crippen LogP contribution in [0.5, 0.6) is 0 Å². The Hall–Kier alpha value is -0.830. The van der Waals surface area contributed by atoms with E-state index >= 15 is 0 Å². The highest BCUT2D eigenvalue weighted by Crippen LogP contribution is 2.16. The molecule has 16 heavy (non-hydrogen) atoms. The van der Waals surface area contributed by atoms with Crippen LogP contribution in [0.4, 0.5) is 0 Å². The molecule has 0 saturated carbocycles. The van der Waals surface area contributed by atoms with Crippen molar-refractivity contribution in [3.05, 3.63) is 33.8 Å². The number of benzene rings is 1. The molecule has 0 aliphatic carbocycles.